The number of para-hydroxylation sites is 1. The molecule has 5 nitrogen and oxygen atoms in total. The molecule has 0 bridgehead atoms. The summed E-state index contributed by atoms with van der Waals surface area (Å²) in [7, 11) is 3.60. The molecule has 1 atom stereocenters. The van der Waals surface area contributed by atoms with Crippen LogP contribution in [0.3, 0.4) is 0 Å². The van der Waals surface area contributed by atoms with E-state index in [1.54, 1.807) is 7.11 Å². The molecule has 3 N–H and O–H groups in total. The fourth-order valence-electron chi connectivity index (χ4n) is 2.86. The molecule has 0 aliphatic rings. The quantitative estimate of drug-likeness (QED) is 0.731. The van der Waals surface area contributed by atoms with Crippen molar-refractivity contribution in [3.63, 3.8) is 0 Å². The predicted octanol–water partition coefficient (Wildman–Crippen LogP) is 2.84. The number of aliphatic hydroxyl groups excluding tert-OH is 1. The Morgan fingerprint density at radius 1 is 1.08 bits per heavy atom. The number of aryl methyl sites for hydroxylation is 1. The van der Waals surface area contributed by atoms with Gasteiger partial charge < -0.3 is 24.9 Å². The second-order valence-electron chi connectivity index (χ2n) is 5.78. The summed E-state index contributed by atoms with van der Waals surface area (Å²) in [4.78, 5) is 0. The third kappa shape index (κ3) is 3.09. The SMILES string of the molecule is COc1ccc(Oc2c(CC(N)CO)c3ccccc3n2C)cc1. The van der Waals surface area contributed by atoms with Gasteiger partial charge in [-0.05, 0) is 36.8 Å². The zero-order valence-electron chi connectivity index (χ0n) is 13.9. The third-order valence-electron chi connectivity index (χ3n) is 4.13. The van der Waals surface area contributed by atoms with Crippen LogP contribution in [0.25, 0.3) is 10.9 Å². The molecule has 1 heterocycles. The molecule has 0 spiro atoms. The highest BCUT2D eigenvalue weighted by atomic mass is 16.5. The number of benzene rings is 2. The Labute approximate surface area is 141 Å². The van der Waals surface area contributed by atoms with Crippen LogP contribution in [0.5, 0.6) is 17.4 Å². The van der Waals surface area contributed by atoms with Crippen molar-refractivity contribution in [3.8, 4) is 17.4 Å². The third-order valence-corrected chi connectivity index (χ3v) is 4.13. The van der Waals surface area contributed by atoms with Gasteiger partial charge in [-0.3, -0.25) is 0 Å². The first kappa shape index (κ1) is 16.4. The van der Waals surface area contributed by atoms with Crippen LogP contribution >= 0.6 is 0 Å². The topological polar surface area (TPSA) is 69.6 Å². The van der Waals surface area contributed by atoms with Crippen LogP contribution in [0, 0.1) is 0 Å². The maximum absolute atomic E-state index is 9.33. The number of fused-ring (bicyclic) bond motifs is 1. The summed E-state index contributed by atoms with van der Waals surface area (Å²) in [6, 6.07) is 15.2. The van der Waals surface area contributed by atoms with E-state index >= 15 is 0 Å². The van der Waals surface area contributed by atoms with E-state index in [0.717, 1.165) is 33.8 Å². The molecule has 126 valence electrons. The Bertz CT molecular complexity index is 824. The molecule has 24 heavy (non-hydrogen) atoms. The first-order chi connectivity index (χ1) is 11.6. The normalized spacial score (nSPS) is 12.3. The van der Waals surface area contributed by atoms with E-state index in [4.69, 9.17) is 15.2 Å². The Hall–Kier alpha value is -2.50. The minimum absolute atomic E-state index is 0.0643. The molecule has 0 saturated heterocycles. The molecule has 1 unspecified atom stereocenters. The van der Waals surface area contributed by atoms with Crippen LogP contribution in [0.1, 0.15) is 5.56 Å². The van der Waals surface area contributed by atoms with E-state index < -0.39 is 0 Å². The van der Waals surface area contributed by atoms with Gasteiger partial charge in [0.1, 0.15) is 11.5 Å². The summed E-state index contributed by atoms with van der Waals surface area (Å²) in [6.07, 6.45) is 0.545. The molecule has 1 aromatic heterocycles. The zero-order valence-corrected chi connectivity index (χ0v) is 13.9. The number of aliphatic hydroxyl groups is 1. The van der Waals surface area contributed by atoms with Crippen LogP contribution in [0.2, 0.25) is 0 Å². The fourth-order valence-corrected chi connectivity index (χ4v) is 2.86. The van der Waals surface area contributed by atoms with Crippen LogP contribution < -0.4 is 15.2 Å². The lowest BCUT2D eigenvalue weighted by Crippen LogP contribution is -2.26. The minimum atomic E-state index is -0.325. The zero-order chi connectivity index (χ0) is 17.1. The van der Waals surface area contributed by atoms with E-state index in [1.165, 1.54) is 0 Å². The number of rotatable bonds is 6. The Balaban J connectivity index is 2.04. The molecule has 0 aliphatic carbocycles. The lowest BCUT2D eigenvalue weighted by atomic mass is 10.1. The van der Waals surface area contributed by atoms with Gasteiger partial charge in [0, 0.05) is 24.0 Å². The minimum Gasteiger partial charge on any atom is -0.497 e. The van der Waals surface area contributed by atoms with E-state index in [-0.39, 0.29) is 12.6 Å². The summed E-state index contributed by atoms with van der Waals surface area (Å²) in [6.45, 7) is -0.0643. The van der Waals surface area contributed by atoms with Gasteiger partial charge in [-0.1, -0.05) is 18.2 Å². The molecule has 0 amide bonds. The summed E-state index contributed by atoms with van der Waals surface area (Å²) in [5.41, 5.74) is 8.05. The molecule has 0 saturated carbocycles. The Morgan fingerprint density at radius 3 is 2.42 bits per heavy atom. The van der Waals surface area contributed by atoms with Gasteiger partial charge in [-0.15, -0.1) is 0 Å². The van der Waals surface area contributed by atoms with Gasteiger partial charge in [0.05, 0.1) is 19.2 Å². The maximum Gasteiger partial charge on any atom is 0.204 e. The van der Waals surface area contributed by atoms with Crippen molar-refractivity contribution in [1.82, 2.24) is 4.57 Å². The average Bonchev–Trinajstić information content (AvgIpc) is 2.88. The fraction of sp³-hybridized carbons (Fsp3) is 0.263. The number of nitrogens with zero attached hydrogens (tertiary/aromatic N) is 1. The summed E-state index contributed by atoms with van der Waals surface area (Å²) in [5, 5.41) is 10.4. The smallest absolute Gasteiger partial charge is 0.204 e. The molecule has 2 aromatic carbocycles. The van der Waals surface area contributed by atoms with Gasteiger partial charge in [0.15, 0.2) is 0 Å². The molecular formula is C19H22N2O3. The molecule has 3 aromatic rings. The van der Waals surface area contributed by atoms with Gasteiger partial charge in [0.25, 0.3) is 0 Å². The maximum atomic E-state index is 9.33. The van der Waals surface area contributed by atoms with E-state index in [1.807, 2.05) is 54.1 Å². The van der Waals surface area contributed by atoms with E-state index in [0.29, 0.717) is 6.42 Å². The van der Waals surface area contributed by atoms with E-state index in [2.05, 4.69) is 6.07 Å². The van der Waals surface area contributed by atoms with Crippen LogP contribution in [-0.4, -0.2) is 29.4 Å². The van der Waals surface area contributed by atoms with Gasteiger partial charge >= 0.3 is 0 Å². The number of hydrogen-bond donors (Lipinski definition) is 2. The molecule has 0 fully saturated rings. The van der Waals surface area contributed by atoms with Crippen molar-refractivity contribution in [1.29, 1.82) is 0 Å². The summed E-state index contributed by atoms with van der Waals surface area (Å²) < 4.78 is 13.3. The second kappa shape index (κ2) is 6.95. The number of ether oxygens (including phenoxy) is 2. The van der Waals surface area contributed by atoms with Crippen molar-refractivity contribution >= 4 is 10.9 Å². The largest absolute Gasteiger partial charge is 0.497 e. The van der Waals surface area contributed by atoms with Crippen molar-refractivity contribution < 1.29 is 14.6 Å². The average molecular weight is 326 g/mol. The number of aromatic nitrogens is 1. The van der Waals surface area contributed by atoms with Crippen LogP contribution in [0.4, 0.5) is 0 Å². The summed E-state index contributed by atoms with van der Waals surface area (Å²) in [5.74, 6) is 2.24. The highest BCUT2D eigenvalue weighted by Crippen LogP contribution is 2.35. The number of methoxy groups -OCH3 is 1. The lowest BCUT2D eigenvalue weighted by molar-refractivity contribution is 0.264. The van der Waals surface area contributed by atoms with Crippen molar-refractivity contribution in [2.45, 2.75) is 12.5 Å². The van der Waals surface area contributed by atoms with Crippen molar-refractivity contribution in [2.24, 2.45) is 12.8 Å². The van der Waals surface area contributed by atoms with Crippen LogP contribution in [0.15, 0.2) is 48.5 Å². The predicted molar refractivity (Wildman–Crippen MR) is 94.8 cm³/mol. The Kier molecular flexibility index (Phi) is 4.74. The van der Waals surface area contributed by atoms with Crippen molar-refractivity contribution in [3.05, 3.63) is 54.1 Å². The highest BCUT2D eigenvalue weighted by Gasteiger charge is 2.19. The van der Waals surface area contributed by atoms with Gasteiger partial charge in [0.2, 0.25) is 5.88 Å². The van der Waals surface area contributed by atoms with Gasteiger partial charge in [-0.2, -0.15) is 0 Å². The van der Waals surface area contributed by atoms with Crippen LogP contribution in [-0.2, 0) is 13.5 Å². The molecule has 0 radical (unpaired) electrons. The molecule has 3 rings (SSSR count). The summed E-state index contributed by atoms with van der Waals surface area (Å²) >= 11 is 0. The first-order valence-corrected chi connectivity index (χ1v) is 7.88. The monoisotopic (exact) mass is 326 g/mol. The Morgan fingerprint density at radius 2 is 1.75 bits per heavy atom. The molecule has 0 aliphatic heterocycles. The first-order valence-electron chi connectivity index (χ1n) is 7.88. The lowest BCUT2D eigenvalue weighted by Gasteiger charge is -2.12. The van der Waals surface area contributed by atoms with Crippen molar-refractivity contribution in [2.75, 3.05) is 13.7 Å². The second-order valence-corrected chi connectivity index (χ2v) is 5.78. The van der Waals surface area contributed by atoms with E-state index in [9.17, 15) is 5.11 Å². The standard InChI is InChI=1S/C19H22N2O3/c1-21-18-6-4-3-5-16(18)17(11-13(20)12-22)19(21)24-15-9-7-14(23-2)8-10-15/h3-10,13,22H,11-12,20H2,1-2H3. The number of hydrogen-bond acceptors (Lipinski definition) is 4. The van der Waals surface area contributed by atoms with Gasteiger partial charge in [-0.25, -0.2) is 0 Å². The number of nitrogens with two attached hydrogens (primary N) is 1. The molecular weight excluding hydrogens is 304 g/mol. The molecule has 5 heteroatoms. The highest BCUT2D eigenvalue weighted by molar-refractivity contribution is 5.87.